The third-order valence-corrected chi connectivity index (χ3v) is 3.64. The minimum atomic E-state index is -1.19. The summed E-state index contributed by atoms with van der Waals surface area (Å²) >= 11 is 0. The number of aryl methyl sites for hydroxylation is 1. The first kappa shape index (κ1) is 13.7. The van der Waals surface area contributed by atoms with Gasteiger partial charge in [-0.3, -0.25) is 0 Å². The summed E-state index contributed by atoms with van der Waals surface area (Å²) in [6.07, 6.45) is 0.670. The van der Waals surface area contributed by atoms with Gasteiger partial charge < -0.3 is 19.5 Å². The fourth-order valence-electron chi connectivity index (χ4n) is 2.60. The van der Waals surface area contributed by atoms with Crippen molar-refractivity contribution in [1.29, 1.82) is 0 Å². The average Bonchev–Trinajstić information content (AvgIpc) is 2.38. The number of aromatic nitrogens is 1. The number of amides is 1. The van der Waals surface area contributed by atoms with E-state index in [2.05, 4.69) is 4.98 Å². The van der Waals surface area contributed by atoms with Crippen LogP contribution in [0.5, 0.6) is 0 Å². The minimum Gasteiger partial charge on any atom is -0.530 e. The molecule has 0 spiro atoms. The van der Waals surface area contributed by atoms with Crippen molar-refractivity contribution in [3.05, 3.63) is 29.3 Å². The highest BCUT2D eigenvalue weighted by molar-refractivity contribution is 5.62. The molecule has 2 heterocycles. The van der Waals surface area contributed by atoms with Crippen molar-refractivity contribution in [2.24, 2.45) is 0 Å². The molecule has 2 rings (SSSR count). The van der Waals surface area contributed by atoms with Crippen LogP contribution in [-0.2, 0) is 4.74 Å². The molecular weight excluding hydrogens is 251 g/mol. The van der Waals surface area contributed by atoms with Crippen LogP contribution in [0.1, 0.15) is 23.5 Å². The lowest BCUT2D eigenvalue weighted by Gasteiger charge is -2.39. The van der Waals surface area contributed by atoms with Crippen LogP contribution >= 0.6 is 0 Å². The average molecular weight is 267 g/mol. The molecule has 1 aliphatic rings. The Morgan fingerprint density at radius 3 is 2.95 bits per heavy atom. The largest absolute Gasteiger partial charge is 0.530 e. The summed E-state index contributed by atoms with van der Waals surface area (Å²) in [4.78, 5) is 15.8. The van der Waals surface area contributed by atoms with E-state index in [-0.39, 0.29) is 18.6 Å². The van der Waals surface area contributed by atoms with Crippen LogP contribution in [0.15, 0.2) is 12.3 Å². The number of hydrogen-bond donors (Lipinski definition) is 0. The third-order valence-electron chi connectivity index (χ3n) is 3.64. The van der Waals surface area contributed by atoms with Crippen molar-refractivity contribution in [3.63, 3.8) is 0 Å². The van der Waals surface area contributed by atoms with E-state index in [0.29, 0.717) is 13.0 Å². The first-order valence-electron chi connectivity index (χ1n) is 6.13. The van der Waals surface area contributed by atoms with Gasteiger partial charge in [-0.2, -0.15) is 4.39 Å². The smallest absolute Gasteiger partial charge is 0.213 e. The summed E-state index contributed by atoms with van der Waals surface area (Å²) in [5.74, 6) is -0.490. The SMILES string of the molecule is COC1CN(C(=O)[O-])CCC1c1cnc(F)cc1C. The highest BCUT2D eigenvalue weighted by atomic mass is 19.1. The molecule has 1 aromatic heterocycles. The zero-order valence-corrected chi connectivity index (χ0v) is 10.9. The van der Waals surface area contributed by atoms with Gasteiger partial charge >= 0.3 is 0 Å². The number of carbonyl (C=O) groups excluding carboxylic acids is 1. The lowest BCUT2D eigenvalue weighted by molar-refractivity contribution is -0.268. The molecule has 2 unspecified atom stereocenters. The van der Waals surface area contributed by atoms with Crippen molar-refractivity contribution >= 4 is 6.09 Å². The molecule has 0 radical (unpaired) electrons. The van der Waals surface area contributed by atoms with Crippen molar-refractivity contribution in [2.75, 3.05) is 20.2 Å². The van der Waals surface area contributed by atoms with Gasteiger partial charge in [0.25, 0.3) is 0 Å². The summed E-state index contributed by atoms with van der Waals surface area (Å²) < 4.78 is 18.4. The highest BCUT2D eigenvalue weighted by Gasteiger charge is 2.31. The number of carbonyl (C=O) groups is 1. The second-order valence-corrected chi connectivity index (χ2v) is 4.74. The lowest BCUT2D eigenvalue weighted by atomic mass is 9.86. The minimum absolute atomic E-state index is 0.0219. The monoisotopic (exact) mass is 267 g/mol. The van der Waals surface area contributed by atoms with E-state index in [1.165, 1.54) is 17.2 Å². The maximum absolute atomic E-state index is 13.0. The first-order chi connectivity index (χ1) is 9.02. The van der Waals surface area contributed by atoms with Crippen molar-refractivity contribution in [3.8, 4) is 0 Å². The highest BCUT2D eigenvalue weighted by Crippen LogP contribution is 2.31. The van der Waals surface area contributed by atoms with Crippen molar-refractivity contribution < 1.29 is 19.0 Å². The molecule has 5 nitrogen and oxygen atoms in total. The van der Waals surface area contributed by atoms with Gasteiger partial charge in [0.2, 0.25) is 5.95 Å². The Morgan fingerprint density at radius 2 is 2.37 bits per heavy atom. The van der Waals surface area contributed by atoms with E-state index >= 15 is 0 Å². The van der Waals surface area contributed by atoms with Crippen molar-refractivity contribution in [1.82, 2.24) is 9.88 Å². The second kappa shape index (κ2) is 5.52. The van der Waals surface area contributed by atoms with Gasteiger partial charge in [-0.25, -0.2) is 4.98 Å². The maximum Gasteiger partial charge on any atom is 0.213 e. The summed E-state index contributed by atoms with van der Waals surface area (Å²) in [5.41, 5.74) is 1.72. The van der Waals surface area contributed by atoms with E-state index in [1.807, 2.05) is 6.92 Å². The Morgan fingerprint density at radius 1 is 1.63 bits per heavy atom. The molecular formula is C13H16FN2O3-. The summed E-state index contributed by atoms with van der Waals surface area (Å²) in [5, 5.41) is 10.9. The zero-order chi connectivity index (χ0) is 14.0. The first-order valence-corrected chi connectivity index (χ1v) is 6.13. The van der Waals surface area contributed by atoms with Crippen LogP contribution in [-0.4, -0.2) is 42.3 Å². The van der Waals surface area contributed by atoms with E-state index in [4.69, 9.17) is 4.74 Å². The maximum atomic E-state index is 13.0. The molecule has 0 bridgehead atoms. The Labute approximate surface area is 111 Å². The number of pyridine rings is 1. The Bertz CT molecular complexity index is 481. The molecule has 0 aliphatic carbocycles. The number of piperidine rings is 1. The predicted octanol–water partition coefficient (Wildman–Crippen LogP) is 0.677. The summed E-state index contributed by atoms with van der Waals surface area (Å²) in [6.45, 7) is 2.47. The van der Waals surface area contributed by atoms with Crippen LogP contribution in [0.3, 0.4) is 0 Å². The van der Waals surface area contributed by atoms with Crippen LogP contribution in [0.4, 0.5) is 9.18 Å². The van der Waals surface area contributed by atoms with E-state index in [9.17, 15) is 14.3 Å². The molecule has 1 aliphatic heterocycles. The van der Waals surface area contributed by atoms with Crippen LogP contribution in [0.2, 0.25) is 0 Å². The van der Waals surface area contributed by atoms with E-state index < -0.39 is 12.0 Å². The molecule has 2 atom stereocenters. The summed E-state index contributed by atoms with van der Waals surface area (Å²) in [6, 6.07) is 1.38. The van der Waals surface area contributed by atoms with Crippen molar-refractivity contribution in [2.45, 2.75) is 25.4 Å². The summed E-state index contributed by atoms with van der Waals surface area (Å²) in [7, 11) is 1.54. The molecule has 104 valence electrons. The molecule has 0 aromatic carbocycles. The predicted molar refractivity (Wildman–Crippen MR) is 64.1 cm³/mol. The molecule has 0 N–H and O–H groups in total. The Kier molecular flexibility index (Phi) is 3.99. The molecule has 19 heavy (non-hydrogen) atoms. The number of likely N-dealkylation sites (tertiary alicyclic amines) is 1. The number of hydrogen-bond acceptors (Lipinski definition) is 4. The fraction of sp³-hybridized carbons (Fsp3) is 0.538. The topological polar surface area (TPSA) is 65.5 Å². The number of ether oxygens (including phenoxy) is 1. The van der Waals surface area contributed by atoms with Gasteiger partial charge in [-0.1, -0.05) is 0 Å². The number of carboxylic acid groups (broad SMARTS) is 1. The molecule has 1 saturated heterocycles. The molecule has 1 fully saturated rings. The normalized spacial score (nSPS) is 23.4. The van der Waals surface area contributed by atoms with Gasteiger partial charge in [0.1, 0.15) is 6.09 Å². The number of halogens is 1. The van der Waals surface area contributed by atoms with Gasteiger partial charge in [0, 0.05) is 32.3 Å². The van der Waals surface area contributed by atoms with E-state index in [0.717, 1.165) is 11.1 Å². The molecule has 0 saturated carbocycles. The van der Waals surface area contributed by atoms with Crippen LogP contribution in [0.25, 0.3) is 0 Å². The molecule has 1 amide bonds. The molecule has 1 aromatic rings. The number of nitrogens with zero attached hydrogens (tertiary/aromatic N) is 2. The second-order valence-electron chi connectivity index (χ2n) is 4.74. The van der Waals surface area contributed by atoms with Gasteiger partial charge in [-0.05, 0) is 30.5 Å². The zero-order valence-electron chi connectivity index (χ0n) is 10.9. The van der Waals surface area contributed by atoms with Gasteiger partial charge in [-0.15, -0.1) is 0 Å². The van der Waals surface area contributed by atoms with Crippen LogP contribution in [0, 0.1) is 12.9 Å². The fourth-order valence-corrected chi connectivity index (χ4v) is 2.60. The Hall–Kier alpha value is -1.69. The number of rotatable bonds is 2. The molecule has 6 heteroatoms. The Balaban J connectivity index is 2.22. The van der Waals surface area contributed by atoms with E-state index in [1.54, 1.807) is 7.11 Å². The quantitative estimate of drug-likeness (QED) is 0.739. The standard InChI is InChI=1S/C13H17FN2O3/c1-8-5-12(14)15-6-10(8)9-3-4-16(13(17)18)7-11(9)19-2/h5-6,9,11H,3-4,7H2,1-2H3,(H,17,18)/p-1. The van der Waals surface area contributed by atoms with Gasteiger partial charge in [0.15, 0.2) is 0 Å². The number of methoxy groups -OCH3 is 1. The van der Waals surface area contributed by atoms with Crippen LogP contribution < -0.4 is 5.11 Å². The van der Waals surface area contributed by atoms with Gasteiger partial charge in [0.05, 0.1) is 6.10 Å². The third kappa shape index (κ3) is 2.84. The lowest BCUT2D eigenvalue weighted by Crippen LogP contribution is -2.51.